The number of amides is 2. The van der Waals surface area contributed by atoms with Gasteiger partial charge in [-0.05, 0) is 56.6 Å². The van der Waals surface area contributed by atoms with Gasteiger partial charge in [0.05, 0.1) is 31.0 Å². The van der Waals surface area contributed by atoms with Crippen molar-refractivity contribution in [1.82, 2.24) is 9.80 Å². The van der Waals surface area contributed by atoms with Crippen LogP contribution in [-0.2, 0) is 11.3 Å². The van der Waals surface area contributed by atoms with Crippen LogP contribution < -0.4 is 14.8 Å². The third-order valence-corrected chi connectivity index (χ3v) is 8.03. The fraction of sp³-hybridized carbons (Fsp3) is 0.548. The maximum atomic E-state index is 13.7. The largest absolute Gasteiger partial charge is 0.497 e. The fourth-order valence-corrected chi connectivity index (χ4v) is 5.57. The predicted molar refractivity (Wildman–Crippen MR) is 152 cm³/mol. The summed E-state index contributed by atoms with van der Waals surface area (Å²) in [5.74, 6) is 0.989. The summed E-state index contributed by atoms with van der Waals surface area (Å²) in [4.78, 5) is 30.8. The molecule has 1 heterocycles. The summed E-state index contributed by atoms with van der Waals surface area (Å²) in [7, 11) is 3.71. The molecule has 2 N–H and O–H groups in total. The van der Waals surface area contributed by atoms with Gasteiger partial charge in [0.1, 0.15) is 11.9 Å². The monoisotopic (exact) mass is 537 g/mol. The van der Waals surface area contributed by atoms with Crippen LogP contribution in [0.1, 0.15) is 61.9 Å². The van der Waals surface area contributed by atoms with Crippen LogP contribution in [0, 0.1) is 11.8 Å². The average molecular weight is 538 g/mol. The molecule has 0 bridgehead atoms. The lowest BCUT2D eigenvalue weighted by Gasteiger charge is -2.38. The number of carbonyl (C=O) groups excluding carboxylic acids is 2. The molecule has 0 radical (unpaired) electrons. The topological polar surface area (TPSA) is 91.3 Å². The van der Waals surface area contributed by atoms with Gasteiger partial charge in [0.15, 0.2) is 5.75 Å². The van der Waals surface area contributed by atoms with Crippen molar-refractivity contribution in [1.29, 1.82) is 0 Å². The third-order valence-electron chi connectivity index (χ3n) is 8.03. The first kappa shape index (κ1) is 28.9. The molecular formula is C31H43N3O5. The number of ether oxygens (including phenoxy) is 2. The molecule has 0 aromatic heterocycles. The number of rotatable bonds is 9. The molecule has 1 aliphatic heterocycles. The number of hydrogen-bond donors (Lipinski definition) is 2. The molecule has 0 saturated heterocycles. The van der Waals surface area contributed by atoms with Crippen molar-refractivity contribution >= 4 is 17.5 Å². The van der Waals surface area contributed by atoms with Gasteiger partial charge in [-0.25, -0.2) is 0 Å². The van der Waals surface area contributed by atoms with Crippen molar-refractivity contribution in [3.05, 3.63) is 53.6 Å². The van der Waals surface area contributed by atoms with Crippen LogP contribution in [0.5, 0.6) is 11.5 Å². The molecule has 2 amide bonds. The number of carbonyl (C=O) groups is 2. The molecule has 0 spiro atoms. The van der Waals surface area contributed by atoms with Crippen LogP contribution in [-0.4, -0.2) is 72.7 Å². The summed E-state index contributed by atoms with van der Waals surface area (Å²) in [5, 5.41) is 13.0. The zero-order valence-electron chi connectivity index (χ0n) is 23.7. The Hall–Kier alpha value is -3.10. The highest BCUT2D eigenvalue weighted by Gasteiger charge is 2.35. The number of aliphatic hydroxyl groups excluding tert-OH is 1. The zero-order valence-corrected chi connectivity index (χ0v) is 23.7. The molecule has 2 aromatic rings. The second-order valence-electron chi connectivity index (χ2n) is 11.2. The minimum Gasteiger partial charge on any atom is -0.497 e. The van der Waals surface area contributed by atoms with Crippen LogP contribution in [0.2, 0.25) is 0 Å². The van der Waals surface area contributed by atoms with Crippen molar-refractivity contribution in [2.45, 2.75) is 64.6 Å². The lowest BCUT2D eigenvalue weighted by molar-refractivity contribution is -0.120. The Morgan fingerprint density at radius 1 is 1.18 bits per heavy atom. The predicted octanol–water partition coefficient (Wildman–Crippen LogP) is 4.57. The molecule has 8 heteroatoms. The molecule has 4 rings (SSSR count). The van der Waals surface area contributed by atoms with Crippen LogP contribution in [0.4, 0.5) is 5.69 Å². The zero-order chi connectivity index (χ0) is 27.9. The quantitative estimate of drug-likeness (QED) is 0.487. The van der Waals surface area contributed by atoms with E-state index in [0.29, 0.717) is 30.1 Å². The lowest BCUT2D eigenvalue weighted by atomic mass is 9.88. The minimum absolute atomic E-state index is 0.0111. The van der Waals surface area contributed by atoms with E-state index in [9.17, 15) is 14.7 Å². The molecule has 1 fully saturated rings. The molecule has 0 unspecified atom stereocenters. The van der Waals surface area contributed by atoms with Gasteiger partial charge in [-0.2, -0.15) is 0 Å². The Kier molecular flexibility index (Phi) is 9.86. The van der Waals surface area contributed by atoms with Crippen LogP contribution in [0.3, 0.4) is 0 Å². The smallest absolute Gasteiger partial charge is 0.258 e. The second-order valence-corrected chi connectivity index (χ2v) is 11.2. The average Bonchev–Trinajstić information content (AvgIpc) is 2.95. The SMILES string of the molecule is COc1ccc(CN(C)C[C@@H]2Oc3c(NC(=O)C4CCCCC4)cccc3C(=O)N([C@@H](C)CO)C[C@H]2C)cc1. The van der Waals surface area contributed by atoms with Gasteiger partial charge in [-0.3, -0.25) is 14.5 Å². The molecule has 2 aromatic carbocycles. The summed E-state index contributed by atoms with van der Waals surface area (Å²) in [6, 6.07) is 13.0. The number of nitrogens with one attached hydrogen (secondary N) is 1. The number of para-hydroxylation sites is 1. The van der Waals surface area contributed by atoms with Crippen molar-refractivity contribution in [3.8, 4) is 11.5 Å². The summed E-state index contributed by atoms with van der Waals surface area (Å²) in [6.45, 7) is 5.59. The van der Waals surface area contributed by atoms with Gasteiger partial charge in [-0.1, -0.05) is 44.4 Å². The Bertz CT molecular complexity index is 1120. The summed E-state index contributed by atoms with van der Waals surface area (Å²) in [6.07, 6.45) is 4.82. The van der Waals surface area contributed by atoms with Crippen LogP contribution in [0.15, 0.2) is 42.5 Å². The van der Waals surface area contributed by atoms with E-state index < -0.39 is 0 Å². The number of likely N-dealkylation sites (N-methyl/N-ethyl adjacent to an activating group) is 1. The molecule has 1 saturated carbocycles. The van der Waals surface area contributed by atoms with Gasteiger partial charge >= 0.3 is 0 Å². The molecule has 212 valence electrons. The van der Waals surface area contributed by atoms with Gasteiger partial charge in [0.25, 0.3) is 5.91 Å². The first-order valence-corrected chi connectivity index (χ1v) is 14.1. The van der Waals surface area contributed by atoms with Crippen molar-refractivity contribution in [2.24, 2.45) is 11.8 Å². The molecule has 8 nitrogen and oxygen atoms in total. The third kappa shape index (κ3) is 7.11. The Morgan fingerprint density at radius 2 is 1.90 bits per heavy atom. The lowest BCUT2D eigenvalue weighted by Crippen LogP contribution is -2.49. The standard InChI is InChI=1S/C31H43N3O5/c1-21-17-34(22(2)20-35)31(37)26-11-8-12-27(32-30(36)24-9-6-5-7-10-24)29(26)39-28(21)19-33(3)18-23-13-15-25(38-4)16-14-23/h8,11-16,21-22,24,28,35H,5-7,9-10,17-20H2,1-4H3,(H,32,36)/t21-,22+,28+/m1/s1. The van der Waals surface area contributed by atoms with Gasteiger partial charge in [-0.15, -0.1) is 0 Å². The Balaban J connectivity index is 1.61. The van der Waals surface area contributed by atoms with E-state index in [2.05, 4.69) is 36.3 Å². The van der Waals surface area contributed by atoms with Crippen LogP contribution in [0.25, 0.3) is 0 Å². The maximum Gasteiger partial charge on any atom is 0.258 e. The van der Waals surface area contributed by atoms with Crippen molar-refractivity contribution < 1.29 is 24.2 Å². The summed E-state index contributed by atoms with van der Waals surface area (Å²) in [5.41, 5.74) is 2.10. The Labute approximate surface area is 232 Å². The first-order valence-electron chi connectivity index (χ1n) is 14.1. The van der Waals surface area contributed by atoms with E-state index in [-0.39, 0.29) is 42.4 Å². The molecule has 39 heavy (non-hydrogen) atoms. The molecule has 2 aliphatic rings. The summed E-state index contributed by atoms with van der Waals surface area (Å²) < 4.78 is 11.9. The number of anilines is 1. The fourth-order valence-electron chi connectivity index (χ4n) is 5.57. The minimum atomic E-state index is -0.343. The highest BCUT2D eigenvalue weighted by atomic mass is 16.5. The highest BCUT2D eigenvalue weighted by molar-refractivity contribution is 6.02. The molecular weight excluding hydrogens is 494 g/mol. The molecule has 1 aliphatic carbocycles. The first-order chi connectivity index (χ1) is 18.8. The van der Waals surface area contributed by atoms with E-state index in [1.165, 1.54) is 6.42 Å². The van der Waals surface area contributed by atoms with Crippen LogP contribution >= 0.6 is 0 Å². The normalized spacial score (nSPS) is 21.0. The van der Waals surface area contributed by atoms with Gasteiger partial charge in [0, 0.05) is 31.5 Å². The van der Waals surface area contributed by atoms with Crippen molar-refractivity contribution in [2.75, 3.05) is 39.2 Å². The maximum absolute atomic E-state index is 13.7. The van der Waals surface area contributed by atoms with Gasteiger partial charge < -0.3 is 24.8 Å². The number of methoxy groups -OCH3 is 1. The van der Waals surface area contributed by atoms with Gasteiger partial charge in [0.2, 0.25) is 5.91 Å². The van der Waals surface area contributed by atoms with E-state index in [1.54, 1.807) is 24.1 Å². The molecule has 3 atom stereocenters. The number of fused-ring (bicyclic) bond motifs is 1. The van der Waals surface area contributed by atoms with E-state index in [1.807, 2.05) is 25.1 Å². The van der Waals surface area contributed by atoms with E-state index in [4.69, 9.17) is 9.47 Å². The number of aliphatic hydroxyl groups is 1. The number of benzene rings is 2. The summed E-state index contributed by atoms with van der Waals surface area (Å²) >= 11 is 0. The van der Waals surface area contributed by atoms with Crippen molar-refractivity contribution in [3.63, 3.8) is 0 Å². The number of nitrogens with zero attached hydrogens (tertiary/aromatic N) is 2. The Morgan fingerprint density at radius 3 is 2.56 bits per heavy atom. The van der Waals surface area contributed by atoms with E-state index >= 15 is 0 Å². The number of hydrogen-bond acceptors (Lipinski definition) is 6. The second kappa shape index (κ2) is 13.3. The highest BCUT2D eigenvalue weighted by Crippen LogP contribution is 2.36. The van der Waals surface area contributed by atoms with E-state index in [0.717, 1.165) is 43.5 Å².